The molecule has 0 spiro atoms. The predicted octanol–water partition coefficient (Wildman–Crippen LogP) is 4.45. The summed E-state index contributed by atoms with van der Waals surface area (Å²) in [5.74, 6) is 1.89. The van der Waals surface area contributed by atoms with Gasteiger partial charge in [0.05, 0.1) is 0 Å². The van der Waals surface area contributed by atoms with Gasteiger partial charge in [-0.1, -0.05) is 50.3 Å². The molecule has 2 aromatic rings. The zero-order chi connectivity index (χ0) is 15.2. The smallest absolute Gasteiger partial charge is 0.220 e. The van der Waals surface area contributed by atoms with Gasteiger partial charge in [0.25, 0.3) is 0 Å². The topological polar surface area (TPSA) is 42.2 Å². The van der Waals surface area contributed by atoms with Crippen LogP contribution in [0, 0.1) is 5.92 Å². The van der Waals surface area contributed by atoms with E-state index in [9.17, 15) is 4.79 Å². The number of carbonyl (C=O) groups is 1. The molecule has 0 bridgehead atoms. The second-order valence-electron chi connectivity index (χ2n) is 6.39. The number of hydrogen-bond acceptors (Lipinski definition) is 2. The first-order chi connectivity index (χ1) is 10.8. The predicted molar refractivity (Wildman–Crippen MR) is 88.7 cm³/mol. The van der Waals surface area contributed by atoms with Crippen LogP contribution in [-0.2, 0) is 11.2 Å². The van der Waals surface area contributed by atoms with Crippen LogP contribution >= 0.6 is 0 Å². The second-order valence-corrected chi connectivity index (χ2v) is 6.39. The molecule has 1 heterocycles. The molecule has 0 aliphatic heterocycles. The van der Waals surface area contributed by atoms with Gasteiger partial charge in [0.15, 0.2) is 0 Å². The second kappa shape index (κ2) is 7.48. The van der Waals surface area contributed by atoms with Crippen molar-refractivity contribution < 1.29 is 9.21 Å². The molecular formula is C19H25NO2. The molecule has 22 heavy (non-hydrogen) atoms. The molecule has 1 aromatic carbocycles. The molecule has 1 amide bonds. The monoisotopic (exact) mass is 299 g/mol. The minimum atomic E-state index is 0.182. The Labute approximate surface area is 132 Å². The minimum Gasteiger partial charge on any atom is -0.461 e. The van der Waals surface area contributed by atoms with Gasteiger partial charge < -0.3 is 9.73 Å². The summed E-state index contributed by atoms with van der Waals surface area (Å²) in [7, 11) is 0. The van der Waals surface area contributed by atoms with E-state index < -0.39 is 0 Å². The van der Waals surface area contributed by atoms with Gasteiger partial charge in [-0.3, -0.25) is 4.79 Å². The Balaban J connectivity index is 1.37. The van der Waals surface area contributed by atoms with Crippen molar-refractivity contribution in [3.63, 3.8) is 0 Å². The third kappa shape index (κ3) is 4.12. The van der Waals surface area contributed by atoms with Crippen molar-refractivity contribution in [3.05, 3.63) is 36.1 Å². The van der Waals surface area contributed by atoms with Crippen LogP contribution in [0.5, 0.6) is 0 Å². The first-order valence-corrected chi connectivity index (χ1v) is 8.55. The van der Waals surface area contributed by atoms with E-state index >= 15 is 0 Å². The highest BCUT2D eigenvalue weighted by Crippen LogP contribution is 2.27. The van der Waals surface area contributed by atoms with E-state index in [1.165, 1.54) is 32.1 Å². The fraction of sp³-hybridized carbons (Fsp3) is 0.526. The lowest BCUT2D eigenvalue weighted by atomic mass is 9.86. The van der Waals surface area contributed by atoms with E-state index in [1.807, 2.05) is 24.3 Å². The van der Waals surface area contributed by atoms with Gasteiger partial charge in [-0.15, -0.1) is 0 Å². The molecular weight excluding hydrogens is 274 g/mol. The highest BCUT2D eigenvalue weighted by molar-refractivity contribution is 5.78. The van der Waals surface area contributed by atoms with Gasteiger partial charge in [-0.05, 0) is 24.5 Å². The summed E-state index contributed by atoms with van der Waals surface area (Å²) in [5, 5.41) is 4.14. The number of hydrogen-bond donors (Lipinski definition) is 1. The zero-order valence-electron chi connectivity index (χ0n) is 13.1. The normalized spacial score (nSPS) is 16.0. The summed E-state index contributed by atoms with van der Waals surface area (Å²) < 4.78 is 5.75. The van der Waals surface area contributed by atoms with Gasteiger partial charge in [0.2, 0.25) is 5.91 Å². The van der Waals surface area contributed by atoms with Crippen LogP contribution in [0.25, 0.3) is 11.0 Å². The first-order valence-electron chi connectivity index (χ1n) is 8.55. The maximum absolute atomic E-state index is 11.9. The summed E-state index contributed by atoms with van der Waals surface area (Å²) in [6, 6.07) is 10.1. The van der Waals surface area contributed by atoms with Crippen molar-refractivity contribution in [2.75, 3.05) is 6.54 Å². The number of benzene rings is 1. The van der Waals surface area contributed by atoms with E-state index in [-0.39, 0.29) is 5.91 Å². The number of fused-ring (bicyclic) bond motifs is 1. The molecule has 1 fully saturated rings. The summed E-state index contributed by atoms with van der Waals surface area (Å²) >= 11 is 0. The molecule has 0 atom stereocenters. The first kappa shape index (κ1) is 15.1. The third-order valence-corrected chi connectivity index (χ3v) is 4.67. The average molecular weight is 299 g/mol. The van der Waals surface area contributed by atoms with Gasteiger partial charge in [0, 0.05) is 24.8 Å². The van der Waals surface area contributed by atoms with Crippen LogP contribution < -0.4 is 5.32 Å². The van der Waals surface area contributed by atoms with Crippen LogP contribution in [0.3, 0.4) is 0 Å². The molecule has 1 aromatic heterocycles. The van der Waals surface area contributed by atoms with Crippen LogP contribution in [-0.4, -0.2) is 12.5 Å². The molecule has 0 radical (unpaired) electrons. The minimum absolute atomic E-state index is 0.182. The lowest BCUT2D eigenvalue weighted by molar-refractivity contribution is -0.121. The Morgan fingerprint density at radius 1 is 1.18 bits per heavy atom. The highest BCUT2D eigenvalue weighted by atomic mass is 16.3. The summed E-state index contributed by atoms with van der Waals surface area (Å²) in [6.07, 6.45) is 9.17. The van der Waals surface area contributed by atoms with Crippen LogP contribution in [0.15, 0.2) is 34.7 Å². The Bertz CT molecular complexity index is 578. The third-order valence-electron chi connectivity index (χ3n) is 4.67. The Morgan fingerprint density at radius 2 is 2.00 bits per heavy atom. The van der Waals surface area contributed by atoms with Crippen LogP contribution in [0.4, 0.5) is 0 Å². The van der Waals surface area contributed by atoms with Crippen molar-refractivity contribution in [3.8, 4) is 0 Å². The average Bonchev–Trinajstić information content (AvgIpc) is 2.96. The van der Waals surface area contributed by atoms with E-state index in [0.717, 1.165) is 35.5 Å². The standard InChI is InChI=1S/C19H25NO2/c21-19(11-10-15-6-2-1-3-7-15)20-13-12-17-14-16-8-4-5-9-18(16)22-17/h4-5,8-9,14-15H,1-3,6-7,10-13H2,(H,20,21). The van der Waals surface area contributed by atoms with Crippen molar-refractivity contribution in [1.29, 1.82) is 0 Å². The maximum atomic E-state index is 11.9. The lowest BCUT2D eigenvalue weighted by Crippen LogP contribution is -2.26. The van der Waals surface area contributed by atoms with E-state index in [0.29, 0.717) is 13.0 Å². The van der Waals surface area contributed by atoms with Gasteiger partial charge in [-0.25, -0.2) is 0 Å². The van der Waals surface area contributed by atoms with Crippen LogP contribution in [0.1, 0.15) is 50.7 Å². The Hall–Kier alpha value is -1.77. The largest absolute Gasteiger partial charge is 0.461 e. The van der Waals surface area contributed by atoms with Gasteiger partial charge in [-0.2, -0.15) is 0 Å². The van der Waals surface area contributed by atoms with E-state index in [4.69, 9.17) is 4.42 Å². The molecule has 1 N–H and O–H groups in total. The Morgan fingerprint density at radius 3 is 2.82 bits per heavy atom. The van der Waals surface area contributed by atoms with Crippen molar-refractivity contribution in [2.24, 2.45) is 5.92 Å². The molecule has 1 aliphatic carbocycles. The van der Waals surface area contributed by atoms with Crippen molar-refractivity contribution in [1.82, 2.24) is 5.32 Å². The fourth-order valence-corrected chi connectivity index (χ4v) is 3.38. The fourth-order valence-electron chi connectivity index (χ4n) is 3.38. The summed E-state index contributed by atoms with van der Waals surface area (Å²) in [4.78, 5) is 11.9. The molecule has 1 aliphatic rings. The molecule has 118 valence electrons. The number of nitrogens with one attached hydrogen (secondary N) is 1. The van der Waals surface area contributed by atoms with Crippen molar-refractivity contribution >= 4 is 16.9 Å². The molecule has 3 rings (SSSR count). The van der Waals surface area contributed by atoms with Crippen molar-refractivity contribution in [2.45, 2.75) is 51.4 Å². The Kier molecular flexibility index (Phi) is 5.15. The number of para-hydroxylation sites is 1. The number of rotatable bonds is 6. The van der Waals surface area contributed by atoms with Gasteiger partial charge in [0.1, 0.15) is 11.3 Å². The van der Waals surface area contributed by atoms with Gasteiger partial charge >= 0.3 is 0 Å². The SMILES string of the molecule is O=C(CCC1CCCCC1)NCCc1cc2ccccc2o1. The van der Waals surface area contributed by atoms with E-state index in [2.05, 4.69) is 11.4 Å². The molecule has 3 heteroatoms. The number of carbonyl (C=O) groups excluding carboxylic acids is 1. The molecule has 0 saturated heterocycles. The highest BCUT2D eigenvalue weighted by Gasteiger charge is 2.14. The maximum Gasteiger partial charge on any atom is 0.220 e. The molecule has 0 unspecified atom stereocenters. The quantitative estimate of drug-likeness (QED) is 0.856. The van der Waals surface area contributed by atoms with E-state index in [1.54, 1.807) is 0 Å². The number of furan rings is 1. The lowest BCUT2D eigenvalue weighted by Gasteiger charge is -2.20. The molecule has 3 nitrogen and oxygen atoms in total. The molecule has 1 saturated carbocycles. The zero-order valence-corrected chi connectivity index (χ0v) is 13.1. The number of amides is 1. The summed E-state index contributed by atoms with van der Waals surface area (Å²) in [6.45, 7) is 0.656. The van der Waals surface area contributed by atoms with Crippen LogP contribution in [0.2, 0.25) is 0 Å². The summed E-state index contributed by atoms with van der Waals surface area (Å²) in [5.41, 5.74) is 0.918.